The number of carboxylic acid groups (broad SMARTS) is 1. The highest BCUT2D eigenvalue weighted by Gasteiger charge is 2.47. The van der Waals surface area contributed by atoms with Gasteiger partial charge in [-0.3, -0.25) is 0 Å². The zero-order valence-electron chi connectivity index (χ0n) is 19.9. The van der Waals surface area contributed by atoms with Crippen molar-refractivity contribution in [3.05, 3.63) is 65.7 Å². The van der Waals surface area contributed by atoms with Crippen molar-refractivity contribution in [3.63, 3.8) is 0 Å². The van der Waals surface area contributed by atoms with E-state index in [1.807, 2.05) is 12.1 Å². The molecule has 2 aliphatic carbocycles. The van der Waals surface area contributed by atoms with Gasteiger partial charge in [0.1, 0.15) is 5.75 Å². The highest BCUT2D eigenvalue weighted by Crippen LogP contribution is 2.56. The molecular weight excluding hydrogens is 408 g/mol. The van der Waals surface area contributed by atoms with E-state index in [-0.39, 0.29) is 5.41 Å². The van der Waals surface area contributed by atoms with E-state index in [9.17, 15) is 9.90 Å². The van der Waals surface area contributed by atoms with Crippen LogP contribution in [0.2, 0.25) is 0 Å². The summed E-state index contributed by atoms with van der Waals surface area (Å²) in [7, 11) is 1.80. The van der Waals surface area contributed by atoms with Crippen molar-refractivity contribution in [2.45, 2.75) is 57.8 Å². The molecule has 0 amide bonds. The van der Waals surface area contributed by atoms with Crippen LogP contribution < -0.4 is 4.74 Å². The zero-order chi connectivity index (χ0) is 23.2. The first-order valence-corrected chi connectivity index (χ1v) is 12.4. The van der Waals surface area contributed by atoms with E-state index in [4.69, 9.17) is 4.74 Å². The molecule has 2 bridgehead atoms. The molecule has 2 fully saturated rings. The smallest absolute Gasteiger partial charge is 0.335 e. The Morgan fingerprint density at radius 2 is 1.70 bits per heavy atom. The fourth-order valence-corrected chi connectivity index (χ4v) is 6.99. The number of methoxy groups -OCH3 is 1. The Balaban J connectivity index is 1.59. The normalized spacial score (nSPS) is 26.8. The largest absolute Gasteiger partial charge is 0.496 e. The van der Waals surface area contributed by atoms with Crippen molar-refractivity contribution in [2.24, 2.45) is 17.8 Å². The van der Waals surface area contributed by atoms with E-state index >= 15 is 0 Å². The third-order valence-electron chi connectivity index (χ3n) is 8.27. The Morgan fingerprint density at radius 3 is 2.45 bits per heavy atom. The van der Waals surface area contributed by atoms with Crippen molar-refractivity contribution < 1.29 is 14.6 Å². The summed E-state index contributed by atoms with van der Waals surface area (Å²) in [5, 5.41) is 11.3. The maximum absolute atomic E-state index is 11.3. The second-order valence-electron chi connectivity index (χ2n) is 10.6. The molecule has 2 saturated carbocycles. The second-order valence-corrected chi connectivity index (χ2v) is 10.6. The first kappa shape index (κ1) is 22.0. The van der Waals surface area contributed by atoms with Gasteiger partial charge in [0.2, 0.25) is 0 Å². The van der Waals surface area contributed by atoms with Gasteiger partial charge in [-0.25, -0.2) is 4.79 Å². The van der Waals surface area contributed by atoms with Crippen LogP contribution in [0.1, 0.15) is 68.3 Å². The summed E-state index contributed by atoms with van der Waals surface area (Å²) in [5.74, 6) is 2.51. The lowest BCUT2D eigenvalue weighted by Crippen LogP contribution is -2.43. The van der Waals surface area contributed by atoms with E-state index in [2.05, 4.69) is 44.2 Å². The van der Waals surface area contributed by atoms with Gasteiger partial charge in [-0.15, -0.1) is 0 Å². The molecule has 2 aliphatic rings. The molecule has 0 spiro atoms. The third-order valence-corrected chi connectivity index (χ3v) is 8.27. The van der Waals surface area contributed by atoms with Crippen LogP contribution >= 0.6 is 0 Å². The topological polar surface area (TPSA) is 46.5 Å². The molecule has 4 atom stereocenters. The van der Waals surface area contributed by atoms with Crippen LogP contribution in [0.5, 0.6) is 5.75 Å². The quantitative estimate of drug-likeness (QED) is 0.440. The first-order chi connectivity index (χ1) is 15.9. The molecular formula is C30H34O3. The number of carbonyl (C=O) groups is 1. The molecule has 0 radical (unpaired) electrons. The van der Waals surface area contributed by atoms with Gasteiger partial charge in [0.25, 0.3) is 0 Å². The van der Waals surface area contributed by atoms with Crippen molar-refractivity contribution in [1.29, 1.82) is 0 Å². The van der Waals surface area contributed by atoms with E-state index in [1.54, 1.807) is 19.2 Å². The molecule has 0 aromatic heterocycles. The van der Waals surface area contributed by atoms with Crippen molar-refractivity contribution >= 4 is 16.7 Å². The van der Waals surface area contributed by atoms with Gasteiger partial charge >= 0.3 is 5.97 Å². The summed E-state index contributed by atoms with van der Waals surface area (Å²) in [5.41, 5.74) is 4.28. The van der Waals surface area contributed by atoms with Crippen LogP contribution in [0.4, 0.5) is 0 Å². The number of carboxylic acids is 1. The zero-order valence-corrected chi connectivity index (χ0v) is 19.9. The number of rotatable bonds is 5. The van der Waals surface area contributed by atoms with Gasteiger partial charge in [-0.2, -0.15) is 0 Å². The van der Waals surface area contributed by atoms with E-state index in [0.717, 1.165) is 39.8 Å². The summed E-state index contributed by atoms with van der Waals surface area (Å²) >= 11 is 0. The van der Waals surface area contributed by atoms with E-state index in [1.165, 1.54) is 49.7 Å². The average Bonchev–Trinajstić information content (AvgIpc) is 2.82. The molecule has 0 saturated heterocycles. The van der Waals surface area contributed by atoms with Gasteiger partial charge in [0.15, 0.2) is 0 Å². The predicted molar refractivity (Wildman–Crippen MR) is 134 cm³/mol. The maximum atomic E-state index is 11.3. The minimum absolute atomic E-state index is 0.204. The Hall–Kier alpha value is -2.81. The van der Waals surface area contributed by atoms with Crippen molar-refractivity contribution in [3.8, 4) is 16.9 Å². The average molecular weight is 443 g/mol. The minimum Gasteiger partial charge on any atom is -0.496 e. The summed E-state index contributed by atoms with van der Waals surface area (Å²) in [6.07, 6.45) is 7.80. The number of benzene rings is 3. The van der Waals surface area contributed by atoms with Gasteiger partial charge < -0.3 is 9.84 Å². The Kier molecular flexibility index (Phi) is 5.68. The summed E-state index contributed by atoms with van der Waals surface area (Å²) in [4.78, 5) is 11.3. The highest BCUT2D eigenvalue weighted by atomic mass is 16.5. The predicted octanol–water partition coefficient (Wildman–Crippen LogP) is 7.71. The summed E-state index contributed by atoms with van der Waals surface area (Å²) in [6.45, 7) is 4.78. The minimum atomic E-state index is -0.891. The third kappa shape index (κ3) is 4.03. The standard InChI is InChI=1S/C30H34O3/c1-4-20-12-21-11-19(2)16-30(17-20,18-21)27-15-25(9-10-28(27)33-3)23-5-6-24-14-26(29(31)32)8-7-22(24)13-23/h5-10,13-15,19-21H,4,11-12,16-18H2,1-3H3,(H,31,32). The molecule has 1 N–H and O–H groups in total. The Morgan fingerprint density at radius 1 is 0.970 bits per heavy atom. The van der Waals surface area contributed by atoms with Gasteiger partial charge in [-0.1, -0.05) is 44.5 Å². The van der Waals surface area contributed by atoms with Crippen molar-refractivity contribution in [1.82, 2.24) is 0 Å². The number of hydrogen-bond acceptors (Lipinski definition) is 2. The fourth-order valence-electron chi connectivity index (χ4n) is 6.99. The van der Waals surface area contributed by atoms with Crippen LogP contribution in [-0.2, 0) is 5.41 Å². The molecule has 33 heavy (non-hydrogen) atoms. The Bertz CT molecular complexity index is 1190. The molecule has 5 rings (SSSR count). The maximum Gasteiger partial charge on any atom is 0.335 e. The van der Waals surface area contributed by atoms with Crippen LogP contribution in [-0.4, -0.2) is 18.2 Å². The molecule has 172 valence electrons. The van der Waals surface area contributed by atoms with E-state index in [0.29, 0.717) is 5.56 Å². The van der Waals surface area contributed by atoms with Gasteiger partial charge in [0.05, 0.1) is 12.7 Å². The van der Waals surface area contributed by atoms with E-state index < -0.39 is 5.97 Å². The molecule has 3 nitrogen and oxygen atoms in total. The molecule has 0 aliphatic heterocycles. The second kappa shape index (κ2) is 8.52. The number of aromatic carboxylic acids is 1. The SMILES string of the molecule is CCC1CC2CC(C)CC(c3cc(-c4ccc5cc(C(=O)O)ccc5c4)ccc3OC)(C1)C2. The summed E-state index contributed by atoms with van der Waals surface area (Å²) in [6, 6.07) is 18.4. The number of hydrogen-bond donors (Lipinski definition) is 1. The Labute approximate surface area is 196 Å². The first-order valence-electron chi connectivity index (χ1n) is 12.4. The molecule has 0 heterocycles. The fraction of sp³-hybridized carbons (Fsp3) is 0.433. The molecule has 3 heteroatoms. The van der Waals surface area contributed by atoms with Crippen LogP contribution in [0, 0.1) is 17.8 Å². The van der Waals surface area contributed by atoms with Crippen LogP contribution in [0.15, 0.2) is 54.6 Å². The highest BCUT2D eigenvalue weighted by molar-refractivity contribution is 5.95. The lowest BCUT2D eigenvalue weighted by atomic mass is 9.54. The molecule has 4 unspecified atom stereocenters. The summed E-state index contributed by atoms with van der Waals surface area (Å²) < 4.78 is 5.93. The van der Waals surface area contributed by atoms with Crippen molar-refractivity contribution in [2.75, 3.05) is 7.11 Å². The lowest BCUT2D eigenvalue weighted by Gasteiger charge is -2.51. The molecule has 3 aromatic rings. The number of fused-ring (bicyclic) bond motifs is 3. The van der Waals surface area contributed by atoms with Gasteiger partial charge in [0, 0.05) is 5.56 Å². The monoisotopic (exact) mass is 442 g/mol. The molecule has 3 aromatic carbocycles. The van der Waals surface area contributed by atoms with Gasteiger partial charge in [-0.05, 0) is 108 Å². The van der Waals surface area contributed by atoms with Crippen LogP contribution in [0.3, 0.4) is 0 Å². The number of ether oxygens (including phenoxy) is 1. The van der Waals surface area contributed by atoms with Crippen LogP contribution in [0.25, 0.3) is 21.9 Å². The lowest BCUT2D eigenvalue weighted by molar-refractivity contribution is 0.0684.